The van der Waals surface area contributed by atoms with Gasteiger partial charge in [-0.15, -0.1) is 0 Å². The molecule has 1 amide bonds. The van der Waals surface area contributed by atoms with E-state index in [0.717, 1.165) is 0 Å². The Bertz CT molecular complexity index is 1160. The molecular formula is C23H18N2O5. The molecule has 3 aromatic rings. The highest BCUT2D eigenvalue weighted by Gasteiger charge is 2.47. The number of aromatic nitrogens is 1. The van der Waals surface area contributed by atoms with Crippen molar-refractivity contribution in [2.24, 2.45) is 0 Å². The van der Waals surface area contributed by atoms with Gasteiger partial charge in [-0.05, 0) is 42.0 Å². The number of rotatable bonds is 4. The topological polar surface area (TPSA) is 100.0 Å². The summed E-state index contributed by atoms with van der Waals surface area (Å²) in [6.45, 7) is 0. The van der Waals surface area contributed by atoms with Crippen LogP contribution in [0.4, 0.5) is 5.69 Å². The number of pyridine rings is 1. The Balaban J connectivity index is 1.96. The third-order valence-corrected chi connectivity index (χ3v) is 4.95. The maximum atomic E-state index is 13.0. The molecule has 0 spiro atoms. The first-order valence-electron chi connectivity index (χ1n) is 9.16. The van der Waals surface area contributed by atoms with Gasteiger partial charge in [0.05, 0.1) is 24.4 Å². The van der Waals surface area contributed by atoms with Crippen molar-refractivity contribution < 1.29 is 24.5 Å². The number of para-hydroxylation sites is 2. The van der Waals surface area contributed by atoms with Crippen LogP contribution in [0.15, 0.2) is 78.6 Å². The summed E-state index contributed by atoms with van der Waals surface area (Å²) in [7, 11) is 1.49. The van der Waals surface area contributed by atoms with Crippen molar-refractivity contribution in [2.45, 2.75) is 6.04 Å². The molecule has 1 atom stereocenters. The second-order valence-corrected chi connectivity index (χ2v) is 6.67. The van der Waals surface area contributed by atoms with Gasteiger partial charge in [0.2, 0.25) is 0 Å². The van der Waals surface area contributed by atoms with Gasteiger partial charge < -0.3 is 14.9 Å². The van der Waals surface area contributed by atoms with Crippen molar-refractivity contribution in [3.05, 3.63) is 89.8 Å². The maximum Gasteiger partial charge on any atom is 0.300 e. The van der Waals surface area contributed by atoms with Crippen molar-refractivity contribution in [2.75, 3.05) is 12.0 Å². The Morgan fingerprint density at radius 3 is 2.47 bits per heavy atom. The van der Waals surface area contributed by atoms with Gasteiger partial charge in [0.15, 0.2) is 0 Å². The molecule has 2 aromatic carbocycles. The first-order chi connectivity index (χ1) is 14.5. The number of anilines is 1. The molecule has 4 rings (SSSR count). The summed E-state index contributed by atoms with van der Waals surface area (Å²) in [6.07, 6.45) is 3.07. The number of carbonyl (C=O) groups excluding carboxylic acids is 2. The van der Waals surface area contributed by atoms with Gasteiger partial charge in [0.1, 0.15) is 17.3 Å². The lowest BCUT2D eigenvalue weighted by molar-refractivity contribution is -0.132. The highest BCUT2D eigenvalue weighted by atomic mass is 16.5. The number of amides is 1. The van der Waals surface area contributed by atoms with Crippen LogP contribution < -0.4 is 9.64 Å². The number of phenolic OH excluding ortho intramolecular Hbond substituents is 1. The molecule has 1 fully saturated rings. The molecule has 1 saturated heterocycles. The highest BCUT2D eigenvalue weighted by molar-refractivity contribution is 6.51. The standard InChI is InChI=1S/C23H18N2O5/c1-30-16-6-4-5-15(13-16)21(27)19-20(14-9-11-24-12-10-14)25(23(29)22(19)28)17-7-2-3-8-18(17)26/h2-13,20,26-27H,1H3/b21-19+. The first kappa shape index (κ1) is 19.2. The second kappa shape index (κ2) is 7.71. The zero-order valence-electron chi connectivity index (χ0n) is 16.0. The molecule has 7 heteroatoms. The smallest absolute Gasteiger partial charge is 0.300 e. The lowest BCUT2D eigenvalue weighted by atomic mass is 9.95. The van der Waals surface area contributed by atoms with Crippen LogP contribution in [-0.4, -0.2) is 34.0 Å². The summed E-state index contributed by atoms with van der Waals surface area (Å²) in [5, 5.41) is 21.4. The number of ether oxygens (including phenoxy) is 1. The number of aliphatic hydroxyl groups excluding tert-OH is 1. The number of phenols is 1. The summed E-state index contributed by atoms with van der Waals surface area (Å²) in [4.78, 5) is 31.2. The minimum Gasteiger partial charge on any atom is -0.507 e. The van der Waals surface area contributed by atoms with Gasteiger partial charge in [0, 0.05) is 18.0 Å². The Labute approximate surface area is 172 Å². The molecule has 2 heterocycles. The van der Waals surface area contributed by atoms with Gasteiger partial charge in [-0.25, -0.2) is 0 Å². The van der Waals surface area contributed by atoms with Crippen LogP contribution in [-0.2, 0) is 9.59 Å². The summed E-state index contributed by atoms with van der Waals surface area (Å²) < 4.78 is 5.20. The predicted octanol–water partition coefficient (Wildman–Crippen LogP) is 3.42. The van der Waals surface area contributed by atoms with E-state index in [2.05, 4.69) is 4.98 Å². The van der Waals surface area contributed by atoms with Crippen molar-refractivity contribution >= 4 is 23.1 Å². The predicted molar refractivity (Wildman–Crippen MR) is 110 cm³/mol. The zero-order chi connectivity index (χ0) is 21.3. The van der Waals surface area contributed by atoms with Gasteiger partial charge in [-0.3, -0.25) is 19.5 Å². The third-order valence-electron chi connectivity index (χ3n) is 4.95. The fourth-order valence-electron chi connectivity index (χ4n) is 3.54. The van der Waals surface area contributed by atoms with E-state index < -0.39 is 17.7 Å². The number of Topliss-reactive ketones (excluding diaryl/α,β-unsaturated/α-hetero) is 1. The van der Waals surface area contributed by atoms with E-state index in [0.29, 0.717) is 16.9 Å². The van der Waals surface area contributed by atoms with Crippen LogP contribution in [0.1, 0.15) is 17.2 Å². The minimum atomic E-state index is -0.937. The molecule has 0 aliphatic carbocycles. The minimum absolute atomic E-state index is 0.0808. The van der Waals surface area contributed by atoms with Crippen LogP contribution in [0.2, 0.25) is 0 Å². The molecule has 2 N–H and O–H groups in total. The average Bonchev–Trinajstić information content (AvgIpc) is 3.05. The first-order valence-corrected chi connectivity index (χ1v) is 9.16. The van der Waals surface area contributed by atoms with Crippen LogP contribution in [0.5, 0.6) is 11.5 Å². The molecular weight excluding hydrogens is 384 g/mol. The zero-order valence-corrected chi connectivity index (χ0v) is 16.0. The molecule has 0 bridgehead atoms. The molecule has 1 aromatic heterocycles. The van der Waals surface area contributed by atoms with E-state index in [1.54, 1.807) is 54.6 Å². The fraction of sp³-hybridized carbons (Fsp3) is 0.0870. The third kappa shape index (κ3) is 3.16. The Hall–Kier alpha value is -4.13. The number of aromatic hydroxyl groups is 1. The second-order valence-electron chi connectivity index (χ2n) is 6.67. The highest BCUT2D eigenvalue weighted by Crippen LogP contribution is 2.44. The summed E-state index contributed by atoms with van der Waals surface area (Å²) in [6, 6.07) is 15.2. The van der Waals surface area contributed by atoms with E-state index in [9.17, 15) is 19.8 Å². The molecule has 1 unspecified atom stereocenters. The molecule has 1 aliphatic rings. The number of nitrogens with zero attached hydrogens (tertiary/aromatic N) is 2. The largest absolute Gasteiger partial charge is 0.507 e. The van der Waals surface area contributed by atoms with E-state index in [-0.39, 0.29) is 22.8 Å². The fourth-order valence-corrected chi connectivity index (χ4v) is 3.54. The van der Waals surface area contributed by atoms with E-state index in [1.165, 1.54) is 30.5 Å². The van der Waals surface area contributed by atoms with Crippen molar-refractivity contribution in [3.63, 3.8) is 0 Å². The monoisotopic (exact) mass is 402 g/mol. The Morgan fingerprint density at radius 1 is 1.03 bits per heavy atom. The SMILES string of the molecule is COc1cccc(/C(O)=C2\C(=O)C(=O)N(c3ccccc3O)C2c2ccncc2)c1. The van der Waals surface area contributed by atoms with Crippen molar-refractivity contribution in [1.29, 1.82) is 0 Å². The van der Waals surface area contributed by atoms with Gasteiger partial charge in [0.25, 0.3) is 11.7 Å². The van der Waals surface area contributed by atoms with Crippen LogP contribution in [0, 0.1) is 0 Å². The quantitative estimate of drug-likeness (QED) is 0.394. The van der Waals surface area contributed by atoms with E-state index in [4.69, 9.17) is 4.74 Å². The lowest BCUT2D eigenvalue weighted by Crippen LogP contribution is -2.29. The average molecular weight is 402 g/mol. The van der Waals surface area contributed by atoms with Crippen LogP contribution in [0.25, 0.3) is 5.76 Å². The summed E-state index contributed by atoms with van der Waals surface area (Å²) in [5.74, 6) is -1.68. The molecule has 0 radical (unpaired) electrons. The summed E-state index contributed by atoms with van der Waals surface area (Å²) >= 11 is 0. The normalized spacial score (nSPS) is 17.9. The number of hydrogen-bond acceptors (Lipinski definition) is 6. The molecule has 0 saturated carbocycles. The molecule has 1 aliphatic heterocycles. The van der Waals surface area contributed by atoms with Crippen molar-refractivity contribution in [3.8, 4) is 11.5 Å². The van der Waals surface area contributed by atoms with Gasteiger partial charge in [-0.2, -0.15) is 0 Å². The van der Waals surface area contributed by atoms with E-state index >= 15 is 0 Å². The number of methoxy groups -OCH3 is 1. The van der Waals surface area contributed by atoms with E-state index in [1.807, 2.05) is 0 Å². The number of benzene rings is 2. The molecule has 150 valence electrons. The molecule has 30 heavy (non-hydrogen) atoms. The Morgan fingerprint density at radius 2 is 1.77 bits per heavy atom. The van der Waals surface area contributed by atoms with Gasteiger partial charge in [-0.1, -0.05) is 24.3 Å². The van der Waals surface area contributed by atoms with Crippen molar-refractivity contribution in [1.82, 2.24) is 4.98 Å². The summed E-state index contributed by atoms with van der Waals surface area (Å²) in [5.41, 5.74) is 0.995. The molecule has 7 nitrogen and oxygen atoms in total. The van der Waals surface area contributed by atoms with Crippen LogP contribution in [0.3, 0.4) is 0 Å². The maximum absolute atomic E-state index is 13.0. The number of ketones is 1. The number of aliphatic hydroxyl groups is 1. The number of hydrogen-bond donors (Lipinski definition) is 2. The number of carbonyl (C=O) groups is 2. The lowest BCUT2D eigenvalue weighted by Gasteiger charge is -2.25. The van der Waals surface area contributed by atoms with Gasteiger partial charge >= 0.3 is 0 Å². The van der Waals surface area contributed by atoms with Crippen LogP contribution >= 0.6 is 0 Å². The Kier molecular flexibility index (Phi) is 4.93.